The molecule has 1 aliphatic rings. The Morgan fingerprint density at radius 2 is 2.13 bits per heavy atom. The van der Waals surface area contributed by atoms with Crippen molar-refractivity contribution in [3.05, 3.63) is 36.2 Å². The number of aromatic hydroxyl groups is 1. The number of aliphatic hydroxyl groups excluding tert-OH is 1. The van der Waals surface area contributed by atoms with Gasteiger partial charge in [-0.1, -0.05) is 12.1 Å². The molecule has 0 fully saturated rings. The number of fused-ring (bicyclic) bond motifs is 1. The van der Waals surface area contributed by atoms with Gasteiger partial charge in [0.15, 0.2) is 0 Å². The molecule has 1 radical (unpaired) electrons. The molecule has 2 atom stereocenters. The van der Waals surface area contributed by atoms with Gasteiger partial charge in [0.1, 0.15) is 11.9 Å². The van der Waals surface area contributed by atoms with Crippen molar-refractivity contribution in [1.29, 1.82) is 0 Å². The minimum absolute atomic E-state index is 0.184. The summed E-state index contributed by atoms with van der Waals surface area (Å²) < 4.78 is 0. The number of hydrogen-bond donors (Lipinski definition) is 3. The summed E-state index contributed by atoms with van der Waals surface area (Å²) in [5.74, 6) is 0.184. The maximum absolute atomic E-state index is 9.97. The maximum atomic E-state index is 9.97. The van der Waals surface area contributed by atoms with Gasteiger partial charge < -0.3 is 15.3 Å². The normalized spacial score (nSPS) is 30.7. The molecule has 0 amide bonds. The molecular weight excluding hydrogens is 192 g/mol. The number of hydrogen-bond acceptors (Lipinski definition) is 3. The summed E-state index contributed by atoms with van der Waals surface area (Å²) >= 11 is 0. The minimum atomic E-state index is -1.35. The predicted molar refractivity (Wildman–Crippen MR) is 56.3 cm³/mol. The van der Waals surface area contributed by atoms with Crippen molar-refractivity contribution >= 4 is 0 Å². The number of phenolic OH excluding ortho intramolecular Hbond substituents is 1. The standard InChI is InChI=1S/C12H15O3/c1-12(15)7-3-5-8-9(11(12)14)4-2-6-10(8)13/h2,4,6,11,13-15H,1,3,5,7H2. The quantitative estimate of drug-likeness (QED) is 0.562. The lowest BCUT2D eigenvalue weighted by Gasteiger charge is -2.27. The van der Waals surface area contributed by atoms with Crippen LogP contribution in [0.2, 0.25) is 0 Å². The van der Waals surface area contributed by atoms with Crippen LogP contribution in [0.25, 0.3) is 0 Å². The first-order valence-electron chi connectivity index (χ1n) is 5.09. The van der Waals surface area contributed by atoms with Gasteiger partial charge >= 0.3 is 0 Å². The largest absolute Gasteiger partial charge is 0.508 e. The molecule has 3 nitrogen and oxygen atoms in total. The lowest BCUT2D eigenvalue weighted by molar-refractivity contribution is -0.0474. The number of phenols is 1. The van der Waals surface area contributed by atoms with Crippen molar-refractivity contribution < 1.29 is 15.3 Å². The van der Waals surface area contributed by atoms with Crippen LogP contribution in [0, 0.1) is 6.92 Å². The molecule has 0 saturated carbocycles. The highest BCUT2D eigenvalue weighted by Crippen LogP contribution is 2.38. The summed E-state index contributed by atoms with van der Waals surface area (Å²) in [6.45, 7) is 3.62. The fourth-order valence-electron chi connectivity index (χ4n) is 2.12. The van der Waals surface area contributed by atoms with Crippen molar-refractivity contribution in [2.24, 2.45) is 0 Å². The number of aliphatic hydroxyl groups is 2. The average Bonchev–Trinajstić information content (AvgIpc) is 2.28. The van der Waals surface area contributed by atoms with E-state index in [-0.39, 0.29) is 5.75 Å². The van der Waals surface area contributed by atoms with Crippen LogP contribution in [-0.2, 0) is 6.42 Å². The van der Waals surface area contributed by atoms with Gasteiger partial charge in [0.25, 0.3) is 0 Å². The summed E-state index contributed by atoms with van der Waals surface area (Å²) in [4.78, 5) is 0. The summed E-state index contributed by atoms with van der Waals surface area (Å²) in [6, 6.07) is 4.99. The predicted octanol–water partition coefficient (Wildman–Crippen LogP) is 1.33. The van der Waals surface area contributed by atoms with E-state index in [9.17, 15) is 15.3 Å². The van der Waals surface area contributed by atoms with E-state index in [1.165, 1.54) is 0 Å². The Kier molecular flexibility index (Phi) is 2.44. The van der Waals surface area contributed by atoms with E-state index >= 15 is 0 Å². The van der Waals surface area contributed by atoms with Crippen LogP contribution < -0.4 is 0 Å². The third kappa shape index (κ3) is 1.73. The fourth-order valence-corrected chi connectivity index (χ4v) is 2.12. The summed E-state index contributed by atoms with van der Waals surface area (Å²) in [6.07, 6.45) is 0.781. The molecule has 0 bridgehead atoms. The molecule has 0 heterocycles. The van der Waals surface area contributed by atoms with Crippen LogP contribution in [0.1, 0.15) is 30.1 Å². The summed E-state index contributed by atoms with van der Waals surface area (Å²) in [7, 11) is 0. The van der Waals surface area contributed by atoms with Gasteiger partial charge in [-0.2, -0.15) is 0 Å². The van der Waals surface area contributed by atoms with Crippen molar-refractivity contribution in [3.63, 3.8) is 0 Å². The van der Waals surface area contributed by atoms with Crippen LogP contribution in [-0.4, -0.2) is 20.9 Å². The van der Waals surface area contributed by atoms with Crippen LogP contribution in [0.5, 0.6) is 5.75 Å². The summed E-state index contributed by atoms with van der Waals surface area (Å²) in [5, 5.41) is 29.5. The highest BCUT2D eigenvalue weighted by Gasteiger charge is 2.35. The Labute approximate surface area is 89.0 Å². The summed E-state index contributed by atoms with van der Waals surface area (Å²) in [5.41, 5.74) is -0.0337. The van der Waals surface area contributed by atoms with Gasteiger partial charge in [0, 0.05) is 0 Å². The first-order chi connectivity index (χ1) is 7.02. The van der Waals surface area contributed by atoms with Crippen LogP contribution >= 0.6 is 0 Å². The molecule has 3 N–H and O–H groups in total. The van der Waals surface area contributed by atoms with E-state index in [0.29, 0.717) is 24.8 Å². The molecule has 2 rings (SSSR count). The Balaban J connectivity index is 2.52. The van der Waals surface area contributed by atoms with E-state index in [1.54, 1.807) is 18.2 Å². The second kappa shape index (κ2) is 3.51. The molecule has 81 valence electrons. The van der Waals surface area contributed by atoms with Gasteiger partial charge in [0.2, 0.25) is 0 Å². The Bertz CT molecular complexity index is 371. The molecule has 1 aromatic rings. The van der Waals surface area contributed by atoms with E-state index in [4.69, 9.17) is 0 Å². The average molecular weight is 207 g/mol. The van der Waals surface area contributed by atoms with E-state index in [2.05, 4.69) is 6.92 Å². The van der Waals surface area contributed by atoms with Crippen LogP contribution in [0.15, 0.2) is 18.2 Å². The van der Waals surface area contributed by atoms with Crippen molar-refractivity contribution in [2.75, 3.05) is 0 Å². The maximum Gasteiger partial charge on any atom is 0.119 e. The zero-order chi connectivity index (χ0) is 11.1. The molecule has 0 aliphatic heterocycles. The van der Waals surface area contributed by atoms with Crippen molar-refractivity contribution in [1.82, 2.24) is 0 Å². The molecule has 0 saturated heterocycles. The SMILES string of the molecule is [CH2]C1(O)CCCc2c(O)cccc2C1O. The third-order valence-electron chi connectivity index (χ3n) is 3.03. The molecule has 15 heavy (non-hydrogen) atoms. The zero-order valence-corrected chi connectivity index (χ0v) is 8.48. The molecule has 3 heteroatoms. The molecule has 2 unspecified atom stereocenters. The highest BCUT2D eigenvalue weighted by molar-refractivity contribution is 5.42. The molecule has 0 aromatic heterocycles. The van der Waals surface area contributed by atoms with Gasteiger partial charge in [-0.15, -0.1) is 0 Å². The van der Waals surface area contributed by atoms with E-state index < -0.39 is 11.7 Å². The molecule has 1 aliphatic carbocycles. The van der Waals surface area contributed by atoms with Crippen LogP contribution in [0.4, 0.5) is 0 Å². The Morgan fingerprint density at radius 3 is 2.87 bits per heavy atom. The second-order valence-corrected chi connectivity index (χ2v) is 4.20. The highest BCUT2D eigenvalue weighted by atomic mass is 16.3. The van der Waals surface area contributed by atoms with Gasteiger partial charge in [0.05, 0.1) is 5.60 Å². The van der Waals surface area contributed by atoms with Gasteiger partial charge in [-0.05, 0) is 43.4 Å². The molecular formula is C12H15O3. The first kappa shape index (κ1) is 10.5. The molecule has 0 spiro atoms. The smallest absolute Gasteiger partial charge is 0.119 e. The third-order valence-corrected chi connectivity index (χ3v) is 3.03. The van der Waals surface area contributed by atoms with Crippen molar-refractivity contribution in [2.45, 2.75) is 31.0 Å². The van der Waals surface area contributed by atoms with E-state index in [1.807, 2.05) is 0 Å². The van der Waals surface area contributed by atoms with E-state index in [0.717, 1.165) is 5.56 Å². The van der Waals surface area contributed by atoms with Gasteiger partial charge in [-0.25, -0.2) is 0 Å². The van der Waals surface area contributed by atoms with Crippen molar-refractivity contribution in [3.8, 4) is 5.75 Å². The second-order valence-electron chi connectivity index (χ2n) is 4.20. The molecule has 1 aromatic carbocycles. The van der Waals surface area contributed by atoms with Gasteiger partial charge in [-0.3, -0.25) is 0 Å². The Morgan fingerprint density at radius 1 is 1.40 bits per heavy atom. The Hall–Kier alpha value is -1.06. The number of benzene rings is 1. The fraction of sp³-hybridized carbons (Fsp3) is 0.417. The monoisotopic (exact) mass is 207 g/mol. The lowest BCUT2D eigenvalue weighted by Crippen LogP contribution is -2.32. The zero-order valence-electron chi connectivity index (χ0n) is 8.48. The number of rotatable bonds is 0. The first-order valence-corrected chi connectivity index (χ1v) is 5.09. The van der Waals surface area contributed by atoms with Crippen LogP contribution in [0.3, 0.4) is 0 Å². The lowest BCUT2D eigenvalue weighted by atomic mass is 9.90. The topological polar surface area (TPSA) is 60.7 Å². The minimum Gasteiger partial charge on any atom is -0.508 e.